The molecule has 1 aliphatic rings. The van der Waals surface area contributed by atoms with Crippen molar-refractivity contribution in [2.45, 2.75) is 40.3 Å². The molecule has 0 radical (unpaired) electrons. The summed E-state index contributed by atoms with van der Waals surface area (Å²) in [4.78, 5) is 25.7. The molecule has 2 amide bonds. The topological polar surface area (TPSA) is 107 Å². The minimum absolute atomic E-state index is 0.116. The number of carbonyl (C=O) groups excluding carboxylic acids is 2. The second-order valence-electron chi connectivity index (χ2n) is 9.41. The molecule has 1 aliphatic heterocycles. The van der Waals surface area contributed by atoms with Crippen molar-refractivity contribution in [2.24, 2.45) is 11.0 Å². The summed E-state index contributed by atoms with van der Waals surface area (Å²) in [5.74, 6) is 1.27. The third kappa shape index (κ3) is 7.28. The zero-order valence-corrected chi connectivity index (χ0v) is 22.5. The van der Waals surface area contributed by atoms with Gasteiger partial charge in [0.15, 0.2) is 23.0 Å². The van der Waals surface area contributed by atoms with Gasteiger partial charge in [-0.2, -0.15) is 5.10 Å². The van der Waals surface area contributed by atoms with E-state index in [0.29, 0.717) is 47.3 Å². The Morgan fingerprint density at radius 3 is 2.49 bits per heavy atom. The van der Waals surface area contributed by atoms with E-state index in [0.717, 1.165) is 5.56 Å². The summed E-state index contributed by atoms with van der Waals surface area (Å²) < 4.78 is 22.4. The van der Waals surface area contributed by atoms with Gasteiger partial charge < -0.3 is 24.3 Å². The Labute approximate surface area is 228 Å². The first-order valence-electron chi connectivity index (χ1n) is 12.8. The lowest BCUT2D eigenvalue weighted by Gasteiger charge is -2.20. The van der Waals surface area contributed by atoms with Crippen LogP contribution in [0.5, 0.6) is 23.0 Å². The second-order valence-corrected chi connectivity index (χ2v) is 9.41. The number of benzene rings is 3. The van der Waals surface area contributed by atoms with Crippen molar-refractivity contribution in [3.05, 3.63) is 82.9 Å². The molecule has 1 unspecified atom stereocenters. The van der Waals surface area contributed by atoms with Gasteiger partial charge in [-0.05, 0) is 67.3 Å². The SMILES string of the molecule is CCOc1cc(C=NNC(=O)C(NC(=O)c2ccc3c(c2)OCO3)C(C)C)ccc1OCc1ccc(C)cc1. The third-order valence-electron chi connectivity index (χ3n) is 6.04. The van der Waals surface area contributed by atoms with Crippen LogP contribution in [-0.2, 0) is 11.4 Å². The predicted molar refractivity (Wildman–Crippen MR) is 148 cm³/mol. The predicted octanol–water partition coefficient (Wildman–Crippen LogP) is 4.61. The maximum atomic E-state index is 12.9. The summed E-state index contributed by atoms with van der Waals surface area (Å²) in [5, 5.41) is 6.87. The van der Waals surface area contributed by atoms with E-state index in [-0.39, 0.29) is 12.7 Å². The monoisotopic (exact) mass is 531 g/mol. The molecule has 4 rings (SSSR count). The summed E-state index contributed by atoms with van der Waals surface area (Å²) in [6, 6.07) is 17.7. The van der Waals surface area contributed by atoms with Crippen LogP contribution in [0.15, 0.2) is 65.8 Å². The van der Waals surface area contributed by atoms with Gasteiger partial charge in [-0.3, -0.25) is 9.59 Å². The largest absolute Gasteiger partial charge is 0.490 e. The molecular weight excluding hydrogens is 498 g/mol. The quantitative estimate of drug-likeness (QED) is 0.277. The molecule has 0 fully saturated rings. The Balaban J connectivity index is 1.37. The van der Waals surface area contributed by atoms with Crippen LogP contribution in [0.4, 0.5) is 0 Å². The van der Waals surface area contributed by atoms with Crippen LogP contribution in [0.25, 0.3) is 0 Å². The van der Waals surface area contributed by atoms with Gasteiger partial charge in [0.25, 0.3) is 11.8 Å². The summed E-state index contributed by atoms with van der Waals surface area (Å²) >= 11 is 0. The second kappa shape index (κ2) is 12.8. The highest BCUT2D eigenvalue weighted by atomic mass is 16.7. The molecule has 0 saturated heterocycles. The minimum Gasteiger partial charge on any atom is -0.490 e. The van der Waals surface area contributed by atoms with Crippen molar-refractivity contribution >= 4 is 18.0 Å². The summed E-state index contributed by atoms with van der Waals surface area (Å²) in [5.41, 5.74) is 5.86. The Bertz CT molecular complexity index is 1340. The number of rotatable bonds is 11. The van der Waals surface area contributed by atoms with Gasteiger partial charge in [-0.15, -0.1) is 0 Å². The number of hydrogen-bond acceptors (Lipinski definition) is 7. The number of carbonyl (C=O) groups is 2. The first kappa shape index (κ1) is 27.5. The van der Waals surface area contributed by atoms with E-state index in [1.54, 1.807) is 24.3 Å². The smallest absolute Gasteiger partial charge is 0.262 e. The van der Waals surface area contributed by atoms with Crippen LogP contribution < -0.4 is 29.7 Å². The number of amides is 2. The van der Waals surface area contributed by atoms with E-state index in [4.69, 9.17) is 18.9 Å². The van der Waals surface area contributed by atoms with E-state index in [1.165, 1.54) is 11.8 Å². The molecule has 9 nitrogen and oxygen atoms in total. The average Bonchev–Trinajstić information content (AvgIpc) is 3.40. The van der Waals surface area contributed by atoms with Crippen molar-refractivity contribution in [2.75, 3.05) is 13.4 Å². The Hall–Kier alpha value is -4.53. The molecule has 1 atom stereocenters. The van der Waals surface area contributed by atoms with E-state index in [9.17, 15) is 9.59 Å². The van der Waals surface area contributed by atoms with Crippen molar-refractivity contribution in [1.29, 1.82) is 0 Å². The molecule has 0 spiro atoms. The minimum atomic E-state index is -0.795. The highest BCUT2D eigenvalue weighted by Gasteiger charge is 2.25. The molecular formula is C30H33N3O6. The number of aryl methyl sites for hydroxylation is 1. The van der Waals surface area contributed by atoms with E-state index in [2.05, 4.69) is 15.8 Å². The van der Waals surface area contributed by atoms with Gasteiger partial charge >= 0.3 is 0 Å². The first-order chi connectivity index (χ1) is 18.8. The number of hydrogen-bond donors (Lipinski definition) is 2. The first-order valence-corrected chi connectivity index (χ1v) is 12.8. The summed E-state index contributed by atoms with van der Waals surface area (Å²) in [7, 11) is 0. The van der Waals surface area contributed by atoms with Gasteiger partial charge in [0.2, 0.25) is 6.79 Å². The third-order valence-corrected chi connectivity index (χ3v) is 6.04. The van der Waals surface area contributed by atoms with Gasteiger partial charge in [0.05, 0.1) is 12.8 Å². The van der Waals surface area contributed by atoms with E-state index >= 15 is 0 Å². The molecule has 2 N–H and O–H groups in total. The standard InChI is InChI=1S/C30H33N3O6/c1-5-36-26-14-22(10-12-24(26)37-17-21-8-6-20(4)7-9-21)16-31-33-30(35)28(19(2)3)32-29(34)23-11-13-25-27(15-23)39-18-38-25/h6-16,19,28H,5,17-18H2,1-4H3,(H,32,34)(H,33,35). The molecule has 3 aromatic carbocycles. The lowest BCUT2D eigenvalue weighted by Crippen LogP contribution is -2.48. The summed E-state index contributed by atoms with van der Waals surface area (Å²) in [6.07, 6.45) is 1.52. The lowest BCUT2D eigenvalue weighted by atomic mass is 10.0. The van der Waals surface area contributed by atoms with Crippen LogP contribution in [0.2, 0.25) is 0 Å². The van der Waals surface area contributed by atoms with Gasteiger partial charge in [0.1, 0.15) is 12.6 Å². The van der Waals surface area contributed by atoms with Gasteiger partial charge in [-0.25, -0.2) is 5.43 Å². The van der Waals surface area contributed by atoms with Crippen molar-refractivity contribution < 1.29 is 28.5 Å². The molecule has 0 aromatic heterocycles. The Kier molecular flexibility index (Phi) is 9.04. The number of ether oxygens (including phenoxy) is 4. The molecule has 1 heterocycles. The number of fused-ring (bicyclic) bond motifs is 1. The molecule has 0 bridgehead atoms. The molecule has 3 aromatic rings. The fourth-order valence-corrected chi connectivity index (χ4v) is 3.88. The van der Waals surface area contributed by atoms with Crippen molar-refractivity contribution in [3.8, 4) is 23.0 Å². The number of nitrogens with one attached hydrogen (secondary N) is 2. The summed E-state index contributed by atoms with van der Waals surface area (Å²) in [6.45, 7) is 8.63. The van der Waals surface area contributed by atoms with Gasteiger partial charge in [0, 0.05) is 5.56 Å². The zero-order valence-electron chi connectivity index (χ0n) is 22.5. The maximum Gasteiger partial charge on any atom is 0.262 e. The van der Waals surface area contributed by atoms with Crippen LogP contribution in [0.1, 0.15) is 47.8 Å². The lowest BCUT2D eigenvalue weighted by molar-refractivity contribution is -0.123. The molecule has 0 saturated carbocycles. The zero-order chi connectivity index (χ0) is 27.8. The molecule has 39 heavy (non-hydrogen) atoms. The molecule has 0 aliphatic carbocycles. The molecule has 9 heteroatoms. The van der Waals surface area contributed by atoms with Crippen LogP contribution in [0.3, 0.4) is 0 Å². The van der Waals surface area contributed by atoms with E-state index in [1.807, 2.05) is 64.1 Å². The van der Waals surface area contributed by atoms with E-state index < -0.39 is 17.9 Å². The maximum absolute atomic E-state index is 12.9. The average molecular weight is 532 g/mol. The van der Waals surface area contributed by atoms with Crippen molar-refractivity contribution in [3.63, 3.8) is 0 Å². The molecule has 204 valence electrons. The van der Waals surface area contributed by atoms with Gasteiger partial charge in [-0.1, -0.05) is 43.7 Å². The fraction of sp³-hybridized carbons (Fsp3) is 0.300. The number of hydrazone groups is 1. The van der Waals surface area contributed by atoms with Crippen LogP contribution >= 0.6 is 0 Å². The van der Waals surface area contributed by atoms with Crippen LogP contribution in [0, 0.1) is 12.8 Å². The van der Waals surface area contributed by atoms with Crippen molar-refractivity contribution in [1.82, 2.24) is 10.7 Å². The fourth-order valence-electron chi connectivity index (χ4n) is 3.88. The number of nitrogens with zero attached hydrogens (tertiary/aromatic N) is 1. The Morgan fingerprint density at radius 1 is 0.974 bits per heavy atom. The Morgan fingerprint density at radius 2 is 1.74 bits per heavy atom. The normalized spacial score (nSPS) is 12.8. The van der Waals surface area contributed by atoms with Crippen LogP contribution in [-0.4, -0.2) is 37.5 Å². The highest BCUT2D eigenvalue weighted by Crippen LogP contribution is 2.32. The highest BCUT2D eigenvalue weighted by molar-refractivity contribution is 5.98.